The molecule has 0 bridgehead atoms. The summed E-state index contributed by atoms with van der Waals surface area (Å²) < 4.78 is 5.59. The quantitative estimate of drug-likeness (QED) is 0.341. The normalized spacial score (nSPS) is 17.9. The van der Waals surface area contributed by atoms with Crippen molar-refractivity contribution in [3.05, 3.63) is 70.3 Å². The molecule has 2 aromatic rings. The fourth-order valence-corrected chi connectivity index (χ4v) is 3.87. The van der Waals surface area contributed by atoms with Crippen molar-refractivity contribution >= 4 is 29.1 Å². The van der Waals surface area contributed by atoms with Gasteiger partial charge in [0.15, 0.2) is 0 Å². The van der Waals surface area contributed by atoms with Crippen LogP contribution in [0.4, 0.5) is 0 Å². The fraction of sp³-hybridized carbons (Fsp3) is 0.360. The maximum atomic E-state index is 13.0. The Hall–Kier alpha value is -2.83. The van der Waals surface area contributed by atoms with Crippen LogP contribution in [0.1, 0.15) is 36.9 Å². The van der Waals surface area contributed by atoms with Crippen LogP contribution >= 0.6 is 11.6 Å². The molecular formula is C25H29ClN2O4. The smallest absolute Gasteiger partial charge is 0.295 e. The van der Waals surface area contributed by atoms with Crippen molar-refractivity contribution in [3.8, 4) is 5.75 Å². The molecular weight excluding hydrogens is 428 g/mol. The van der Waals surface area contributed by atoms with E-state index in [0.29, 0.717) is 35.9 Å². The molecule has 1 atom stereocenters. The van der Waals surface area contributed by atoms with Gasteiger partial charge in [-0.1, -0.05) is 30.7 Å². The topological polar surface area (TPSA) is 70.1 Å². The highest BCUT2D eigenvalue weighted by molar-refractivity contribution is 6.46. The molecule has 32 heavy (non-hydrogen) atoms. The Morgan fingerprint density at radius 2 is 1.75 bits per heavy atom. The molecule has 1 aliphatic heterocycles. The molecule has 0 unspecified atom stereocenters. The summed E-state index contributed by atoms with van der Waals surface area (Å²) in [5.41, 5.74) is 1.27. The highest BCUT2D eigenvalue weighted by atomic mass is 35.5. The van der Waals surface area contributed by atoms with E-state index in [1.165, 1.54) is 0 Å². The van der Waals surface area contributed by atoms with Gasteiger partial charge in [0, 0.05) is 17.1 Å². The highest BCUT2D eigenvalue weighted by Crippen LogP contribution is 2.39. The Balaban J connectivity index is 2.01. The van der Waals surface area contributed by atoms with Gasteiger partial charge in [0.25, 0.3) is 11.7 Å². The average molecular weight is 457 g/mol. The van der Waals surface area contributed by atoms with Gasteiger partial charge in [-0.3, -0.25) is 9.59 Å². The number of Topliss-reactive ketones (excluding diaryl/α,β-unsaturated/α-hetero) is 1. The largest absolute Gasteiger partial charge is 0.507 e. The summed E-state index contributed by atoms with van der Waals surface area (Å²) in [6.45, 7) is 3.79. The summed E-state index contributed by atoms with van der Waals surface area (Å²) in [6, 6.07) is 13.2. The van der Waals surface area contributed by atoms with Crippen molar-refractivity contribution in [2.24, 2.45) is 0 Å². The number of ketones is 1. The molecule has 1 N–H and O–H groups in total. The molecule has 6 nitrogen and oxygen atoms in total. The van der Waals surface area contributed by atoms with Gasteiger partial charge >= 0.3 is 0 Å². The summed E-state index contributed by atoms with van der Waals surface area (Å²) in [4.78, 5) is 29.5. The summed E-state index contributed by atoms with van der Waals surface area (Å²) >= 11 is 6.05. The molecule has 170 valence electrons. The van der Waals surface area contributed by atoms with Gasteiger partial charge in [0.2, 0.25) is 0 Å². The zero-order chi connectivity index (χ0) is 23.3. The second kappa shape index (κ2) is 10.7. The number of rotatable bonds is 9. The van der Waals surface area contributed by atoms with Crippen LogP contribution in [0.15, 0.2) is 54.1 Å². The van der Waals surface area contributed by atoms with Crippen LogP contribution in [-0.2, 0) is 9.59 Å². The number of aliphatic hydroxyl groups is 1. The van der Waals surface area contributed by atoms with Gasteiger partial charge in [-0.25, -0.2) is 0 Å². The van der Waals surface area contributed by atoms with Crippen molar-refractivity contribution in [3.63, 3.8) is 0 Å². The minimum Gasteiger partial charge on any atom is -0.507 e. The van der Waals surface area contributed by atoms with E-state index in [2.05, 4.69) is 0 Å². The third kappa shape index (κ3) is 5.31. The Bertz CT molecular complexity index is 984. The zero-order valence-electron chi connectivity index (χ0n) is 18.7. The van der Waals surface area contributed by atoms with Crippen LogP contribution in [-0.4, -0.2) is 60.4 Å². The minimum absolute atomic E-state index is 0.0874. The zero-order valence-corrected chi connectivity index (χ0v) is 19.4. The average Bonchev–Trinajstić information content (AvgIpc) is 3.03. The Kier molecular flexibility index (Phi) is 7.94. The Morgan fingerprint density at radius 3 is 2.34 bits per heavy atom. The lowest BCUT2D eigenvalue weighted by atomic mass is 9.95. The number of carbonyl (C=O) groups is 2. The first-order valence-electron chi connectivity index (χ1n) is 10.7. The summed E-state index contributed by atoms with van der Waals surface area (Å²) in [5.74, 6) is -0.797. The van der Waals surface area contributed by atoms with Gasteiger partial charge in [-0.15, -0.1) is 0 Å². The Morgan fingerprint density at radius 1 is 1.09 bits per heavy atom. The van der Waals surface area contributed by atoms with Crippen LogP contribution in [0.25, 0.3) is 5.76 Å². The predicted molar refractivity (Wildman–Crippen MR) is 126 cm³/mol. The number of aliphatic hydroxyl groups excluding tert-OH is 1. The molecule has 1 amide bonds. The molecule has 2 aromatic carbocycles. The van der Waals surface area contributed by atoms with Crippen LogP contribution < -0.4 is 4.74 Å². The van der Waals surface area contributed by atoms with Crippen molar-refractivity contribution in [1.82, 2.24) is 9.80 Å². The monoisotopic (exact) mass is 456 g/mol. The van der Waals surface area contributed by atoms with Crippen molar-refractivity contribution < 1.29 is 19.4 Å². The van der Waals surface area contributed by atoms with E-state index in [9.17, 15) is 14.7 Å². The predicted octanol–water partition coefficient (Wildman–Crippen LogP) is 4.50. The number of carbonyl (C=O) groups excluding carboxylic acids is 2. The molecule has 1 saturated heterocycles. The lowest BCUT2D eigenvalue weighted by Gasteiger charge is -2.26. The van der Waals surface area contributed by atoms with Gasteiger partial charge < -0.3 is 19.6 Å². The van der Waals surface area contributed by atoms with E-state index < -0.39 is 17.7 Å². The number of benzene rings is 2. The van der Waals surface area contributed by atoms with Crippen LogP contribution in [0.5, 0.6) is 5.75 Å². The van der Waals surface area contributed by atoms with Gasteiger partial charge in [-0.05, 0) is 75.4 Å². The Labute approximate surface area is 194 Å². The summed E-state index contributed by atoms with van der Waals surface area (Å²) in [5, 5.41) is 11.7. The third-order valence-electron chi connectivity index (χ3n) is 5.33. The number of halogens is 1. The first-order chi connectivity index (χ1) is 15.3. The third-order valence-corrected chi connectivity index (χ3v) is 5.58. The van der Waals surface area contributed by atoms with Gasteiger partial charge in [-0.2, -0.15) is 0 Å². The second-order valence-electron chi connectivity index (χ2n) is 8.07. The van der Waals surface area contributed by atoms with Crippen LogP contribution in [0, 0.1) is 0 Å². The molecule has 7 heteroatoms. The summed E-state index contributed by atoms with van der Waals surface area (Å²) in [6.07, 6.45) is 1.59. The van der Waals surface area contributed by atoms with E-state index >= 15 is 0 Å². The van der Waals surface area contributed by atoms with Crippen molar-refractivity contribution in [2.75, 3.05) is 33.8 Å². The first kappa shape index (κ1) is 23.8. The van der Waals surface area contributed by atoms with Crippen LogP contribution in [0.2, 0.25) is 5.02 Å². The maximum absolute atomic E-state index is 13.0. The summed E-state index contributed by atoms with van der Waals surface area (Å²) in [7, 11) is 3.91. The van der Waals surface area contributed by atoms with E-state index in [0.717, 1.165) is 18.5 Å². The molecule has 0 aromatic heterocycles. The SMILES string of the molecule is CCCOc1ccc(/C(O)=C2\C(=O)C(=O)N(CCCN(C)C)[C@H]2c2ccc(Cl)cc2)cc1. The molecule has 0 saturated carbocycles. The van der Waals surface area contributed by atoms with Gasteiger partial charge in [0.1, 0.15) is 11.5 Å². The lowest BCUT2D eigenvalue weighted by Crippen LogP contribution is -2.32. The van der Waals surface area contributed by atoms with Crippen molar-refractivity contribution in [2.45, 2.75) is 25.8 Å². The first-order valence-corrected chi connectivity index (χ1v) is 11.1. The molecule has 3 rings (SSSR count). The number of amides is 1. The molecule has 0 radical (unpaired) electrons. The second-order valence-corrected chi connectivity index (χ2v) is 8.51. The van der Waals surface area contributed by atoms with E-state index in [1.807, 2.05) is 25.9 Å². The van der Waals surface area contributed by atoms with Crippen LogP contribution in [0.3, 0.4) is 0 Å². The van der Waals surface area contributed by atoms with E-state index in [4.69, 9.17) is 16.3 Å². The lowest BCUT2D eigenvalue weighted by molar-refractivity contribution is -0.139. The van der Waals surface area contributed by atoms with E-state index in [1.54, 1.807) is 53.4 Å². The number of hydrogen-bond acceptors (Lipinski definition) is 5. The number of hydrogen-bond donors (Lipinski definition) is 1. The van der Waals surface area contributed by atoms with Gasteiger partial charge in [0.05, 0.1) is 18.2 Å². The minimum atomic E-state index is -0.682. The van der Waals surface area contributed by atoms with E-state index in [-0.39, 0.29) is 11.3 Å². The molecule has 1 heterocycles. The number of likely N-dealkylation sites (tertiary alicyclic amines) is 1. The fourth-order valence-electron chi connectivity index (χ4n) is 3.74. The molecule has 0 spiro atoms. The van der Waals surface area contributed by atoms with Crippen molar-refractivity contribution in [1.29, 1.82) is 0 Å². The molecule has 1 aliphatic rings. The number of ether oxygens (including phenoxy) is 1. The maximum Gasteiger partial charge on any atom is 0.295 e. The molecule has 0 aliphatic carbocycles. The standard InChI is InChI=1S/C25H29ClN2O4/c1-4-16-32-20-12-8-18(9-13-20)23(29)21-22(17-6-10-19(26)11-7-17)28(25(31)24(21)30)15-5-14-27(2)3/h6-13,22,29H,4-5,14-16H2,1-3H3/b23-21+/t22-/m0/s1. The number of nitrogens with zero attached hydrogens (tertiary/aromatic N) is 2. The highest BCUT2D eigenvalue weighted by Gasteiger charge is 2.45. The molecule has 1 fully saturated rings.